The lowest BCUT2D eigenvalue weighted by atomic mass is 10.1. The van der Waals surface area contributed by atoms with Crippen LogP contribution in [-0.2, 0) is 14.8 Å². The average molecular weight is 499 g/mol. The lowest BCUT2D eigenvalue weighted by Crippen LogP contribution is -2.38. The van der Waals surface area contributed by atoms with Gasteiger partial charge in [0.1, 0.15) is 12.3 Å². The van der Waals surface area contributed by atoms with Crippen molar-refractivity contribution < 1.29 is 27.4 Å². The van der Waals surface area contributed by atoms with E-state index in [1.165, 1.54) is 32.4 Å². The lowest BCUT2D eigenvalue weighted by Gasteiger charge is -2.25. The summed E-state index contributed by atoms with van der Waals surface area (Å²) in [6.07, 6.45) is 0. The number of hydrogen-bond acceptors (Lipinski definition) is 6. The Kier molecular flexibility index (Phi) is 8.24. The number of anilines is 2. The van der Waals surface area contributed by atoms with Crippen LogP contribution in [0.2, 0.25) is 0 Å². The first-order valence-corrected chi connectivity index (χ1v) is 12.5. The SMILES string of the molecule is CCOc1ccc(N(CC(=O)Nc2ccc(C)c(C)c2)S(=O)(=O)c2ccc(OC)c(OC)c2)cc1. The zero-order chi connectivity index (χ0) is 25.6. The molecule has 0 aliphatic rings. The summed E-state index contributed by atoms with van der Waals surface area (Å²) in [6.45, 7) is 5.82. The summed E-state index contributed by atoms with van der Waals surface area (Å²) in [5.74, 6) is 0.775. The Morgan fingerprint density at radius 2 is 1.57 bits per heavy atom. The number of hydrogen-bond donors (Lipinski definition) is 1. The van der Waals surface area contributed by atoms with Gasteiger partial charge in [0.15, 0.2) is 11.5 Å². The quantitative estimate of drug-likeness (QED) is 0.441. The molecule has 35 heavy (non-hydrogen) atoms. The zero-order valence-electron chi connectivity index (χ0n) is 20.5. The van der Waals surface area contributed by atoms with Gasteiger partial charge < -0.3 is 19.5 Å². The number of ether oxygens (including phenoxy) is 3. The van der Waals surface area contributed by atoms with Crippen LogP contribution in [0.3, 0.4) is 0 Å². The molecule has 0 atom stereocenters. The fraction of sp³-hybridized carbons (Fsp3) is 0.269. The van der Waals surface area contributed by atoms with Crippen molar-refractivity contribution in [1.82, 2.24) is 0 Å². The fourth-order valence-corrected chi connectivity index (χ4v) is 4.88. The second kappa shape index (κ2) is 11.1. The molecule has 0 bridgehead atoms. The molecule has 8 nitrogen and oxygen atoms in total. The summed E-state index contributed by atoms with van der Waals surface area (Å²) < 4.78 is 44.5. The Labute approximate surface area is 206 Å². The van der Waals surface area contributed by atoms with Gasteiger partial charge in [0.25, 0.3) is 10.0 Å². The minimum atomic E-state index is -4.14. The predicted molar refractivity (Wildman–Crippen MR) is 136 cm³/mol. The Bertz CT molecular complexity index is 1290. The van der Waals surface area contributed by atoms with E-state index in [0.717, 1.165) is 15.4 Å². The van der Waals surface area contributed by atoms with Gasteiger partial charge in [0.2, 0.25) is 5.91 Å². The Balaban J connectivity index is 1.98. The van der Waals surface area contributed by atoms with Crippen LogP contribution in [0.1, 0.15) is 18.1 Å². The normalized spacial score (nSPS) is 11.0. The van der Waals surface area contributed by atoms with Crippen LogP contribution in [0.15, 0.2) is 65.6 Å². The van der Waals surface area contributed by atoms with E-state index in [1.54, 1.807) is 30.3 Å². The molecule has 0 aliphatic heterocycles. The van der Waals surface area contributed by atoms with Gasteiger partial charge in [0, 0.05) is 11.8 Å². The molecule has 3 aromatic rings. The molecular formula is C26H30N2O6S. The first-order chi connectivity index (χ1) is 16.7. The van der Waals surface area contributed by atoms with Crippen LogP contribution in [0.25, 0.3) is 0 Å². The molecule has 3 aromatic carbocycles. The number of nitrogens with one attached hydrogen (secondary N) is 1. The Morgan fingerprint density at radius 3 is 2.17 bits per heavy atom. The smallest absolute Gasteiger partial charge is 0.264 e. The number of benzene rings is 3. The largest absolute Gasteiger partial charge is 0.494 e. The van der Waals surface area contributed by atoms with Crippen molar-refractivity contribution in [2.45, 2.75) is 25.7 Å². The van der Waals surface area contributed by atoms with Crippen LogP contribution < -0.4 is 23.8 Å². The number of carbonyl (C=O) groups is 1. The molecule has 0 heterocycles. The van der Waals surface area contributed by atoms with Gasteiger partial charge in [-0.1, -0.05) is 6.07 Å². The topological polar surface area (TPSA) is 94.2 Å². The number of aryl methyl sites for hydroxylation is 2. The average Bonchev–Trinajstić information content (AvgIpc) is 2.85. The van der Waals surface area contributed by atoms with Gasteiger partial charge in [-0.05, 0) is 80.4 Å². The summed E-state index contributed by atoms with van der Waals surface area (Å²) in [5, 5.41) is 2.79. The van der Waals surface area contributed by atoms with Crippen molar-refractivity contribution in [1.29, 1.82) is 0 Å². The third-order valence-electron chi connectivity index (χ3n) is 5.46. The molecule has 0 spiro atoms. The van der Waals surface area contributed by atoms with E-state index in [4.69, 9.17) is 14.2 Å². The number of nitrogens with zero attached hydrogens (tertiary/aromatic N) is 1. The van der Waals surface area contributed by atoms with E-state index in [9.17, 15) is 13.2 Å². The third-order valence-corrected chi connectivity index (χ3v) is 7.23. The maximum absolute atomic E-state index is 13.7. The van der Waals surface area contributed by atoms with E-state index < -0.39 is 22.5 Å². The van der Waals surface area contributed by atoms with Crippen molar-refractivity contribution in [3.8, 4) is 17.2 Å². The molecule has 186 valence electrons. The molecule has 0 saturated carbocycles. The highest BCUT2D eigenvalue weighted by Gasteiger charge is 2.28. The molecule has 0 unspecified atom stereocenters. The van der Waals surface area contributed by atoms with Crippen molar-refractivity contribution >= 4 is 27.3 Å². The first-order valence-electron chi connectivity index (χ1n) is 11.0. The van der Waals surface area contributed by atoms with Gasteiger partial charge in [-0.2, -0.15) is 0 Å². The molecule has 0 saturated heterocycles. The van der Waals surface area contributed by atoms with Crippen molar-refractivity contribution in [3.05, 3.63) is 71.8 Å². The monoisotopic (exact) mass is 498 g/mol. The van der Waals surface area contributed by atoms with Crippen LogP contribution in [0, 0.1) is 13.8 Å². The molecule has 9 heteroatoms. The van der Waals surface area contributed by atoms with Crippen molar-refractivity contribution in [2.75, 3.05) is 37.0 Å². The first kappa shape index (κ1) is 25.9. The number of methoxy groups -OCH3 is 2. The second-order valence-corrected chi connectivity index (χ2v) is 9.66. The van der Waals surface area contributed by atoms with Gasteiger partial charge in [-0.15, -0.1) is 0 Å². The standard InChI is InChI=1S/C26H30N2O6S/c1-6-34-22-11-9-21(10-12-22)28(17-26(29)27-20-8-7-18(2)19(3)15-20)35(30,31)23-13-14-24(32-4)25(16-23)33-5/h7-16H,6,17H2,1-5H3,(H,27,29). The Hall–Kier alpha value is -3.72. The van der Waals surface area contributed by atoms with Crippen molar-refractivity contribution in [2.24, 2.45) is 0 Å². The molecule has 0 radical (unpaired) electrons. The fourth-order valence-electron chi connectivity index (χ4n) is 3.44. The molecule has 0 aromatic heterocycles. The molecule has 0 fully saturated rings. The minimum Gasteiger partial charge on any atom is -0.494 e. The summed E-state index contributed by atoms with van der Waals surface area (Å²) in [5.41, 5.74) is 3.02. The van der Waals surface area contributed by atoms with E-state index >= 15 is 0 Å². The molecule has 3 rings (SSSR count). The lowest BCUT2D eigenvalue weighted by molar-refractivity contribution is -0.114. The maximum Gasteiger partial charge on any atom is 0.264 e. The summed E-state index contributed by atoms with van der Waals surface area (Å²) in [6, 6.07) is 16.4. The van der Waals surface area contributed by atoms with E-state index in [2.05, 4.69) is 5.32 Å². The molecular weight excluding hydrogens is 468 g/mol. The number of rotatable bonds is 10. The van der Waals surface area contributed by atoms with Gasteiger partial charge in [0.05, 0.1) is 31.4 Å². The van der Waals surface area contributed by atoms with Crippen LogP contribution in [0.5, 0.6) is 17.2 Å². The molecule has 1 amide bonds. The summed E-state index contributed by atoms with van der Waals surface area (Å²) in [4.78, 5) is 12.9. The highest BCUT2D eigenvalue weighted by molar-refractivity contribution is 7.92. The number of amides is 1. The number of sulfonamides is 1. The van der Waals surface area contributed by atoms with Gasteiger partial charge in [-0.3, -0.25) is 9.10 Å². The summed E-state index contributed by atoms with van der Waals surface area (Å²) in [7, 11) is -1.25. The molecule has 0 aliphatic carbocycles. The predicted octanol–water partition coefficient (Wildman–Crippen LogP) is 4.55. The molecule has 1 N–H and O–H groups in total. The third kappa shape index (κ3) is 6.05. The van der Waals surface area contributed by atoms with Gasteiger partial charge in [-0.25, -0.2) is 8.42 Å². The highest BCUT2D eigenvalue weighted by atomic mass is 32.2. The van der Waals surface area contributed by atoms with Crippen LogP contribution >= 0.6 is 0 Å². The number of carbonyl (C=O) groups excluding carboxylic acids is 1. The highest BCUT2D eigenvalue weighted by Crippen LogP contribution is 2.32. The van der Waals surface area contributed by atoms with E-state index in [0.29, 0.717) is 29.5 Å². The Morgan fingerprint density at radius 1 is 0.886 bits per heavy atom. The minimum absolute atomic E-state index is 0.0389. The maximum atomic E-state index is 13.7. The van der Waals surface area contributed by atoms with Crippen LogP contribution in [0.4, 0.5) is 11.4 Å². The zero-order valence-corrected chi connectivity index (χ0v) is 21.3. The van der Waals surface area contributed by atoms with Crippen LogP contribution in [-0.4, -0.2) is 41.7 Å². The van der Waals surface area contributed by atoms with E-state index in [-0.39, 0.29) is 10.6 Å². The van der Waals surface area contributed by atoms with E-state index in [1.807, 2.05) is 32.9 Å². The summed E-state index contributed by atoms with van der Waals surface area (Å²) >= 11 is 0. The van der Waals surface area contributed by atoms with Crippen molar-refractivity contribution in [3.63, 3.8) is 0 Å². The van der Waals surface area contributed by atoms with Gasteiger partial charge >= 0.3 is 0 Å². The second-order valence-electron chi connectivity index (χ2n) is 7.80.